The lowest BCUT2D eigenvalue weighted by Gasteiger charge is -2.36. The number of hydrogen-bond donors (Lipinski definition) is 1. The fourth-order valence-corrected chi connectivity index (χ4v) is 2.95. The first-order valence-corrected chi connectivity index (χ1v) is 8.82. The highest BCUT2D eigenvalue weighted by atomic mass is 16.6. The molecule has 144 valence electrons. The lowest BCUT2D eigenvalue weighted by atomic mass is 9.92. The molecule has 2 rings (SSSR count). The molecule has 1 N–H and O–H groups in total. The van der Waals surface area contributed by atoms with Crippen LogP contribution in [0, 0.1) is 0 Å². The normalized spacial score (nSPS) is 16.7. The molecule has 0 aliphatic carbocycles. The van der Waals surface area contributed by atoms with E-state index in [9.17, 15) is 14.7 Å². The van der Waals surface area contributed by atoms with Gasteiger partial charge in [0.1, 0.15) is 5.60 Å². The molecule has 0 saturated heterocycles. The summed E-state index contributed by atoms with van der Waals surface area (Å²) in [5.41, 5.74) is 0.668. The second-order valence-electron chi connectivity index (χ2n) is 7.03. The number of aliphatic carboxylic acids is 1. The molecular weight excluding hydrogens is 338 g/mol. The van der Waals surface area contributed by atoms with Gasteiger partial charge >= 0.3 is 12.1 Å². The van der Waals surface area contributed by atoms with Crippen LogP contribution in [0.3, 0.4) is 0 Å². The molecule has 1 aromatic carbocycles. The molecule has 1 aromatic rings. The summed E-state index contributed by atoms with van der Waals surface area (Å²) in [4.78, 5) is 25.7. The number of carboxylic acids is 1. The van der Waals surface area contributed by atoms with Crippen molar-refractivity contribution in [2.75, 3.05) is 19.8 Å². The van der Waals surface area contributed by atoms with E-state index in [2.05, 4.69) is 0 Å². The fraction of sp³-hybridized carbons (Fsp3) is 0.579. The molecule has 7 heteroatoms. The van der Waals surface area contributed by atoms with E-state index in [1.165, 1.54) is 4.90 Å². The van der Waals surface area contributed by atoms with Gasteiger partial charge in [0.25, 0.3) is 0 Å². The van der Waals surface area contributed by atoms with Gasteiger partial charge in [0.05, 0.1) is 13.2 Å². The molecule has 0 aromatic heterocycles. The van der Waals surface area contributed by atoms with Crippen LogP contribution in [0.5, 0.6) is 11.5 Å². The van der Waals surface area contributed by atoms with Crippen LogP contribution in [0.1, 0.15) is 51.8 Å². The first-order valence-electron chi connectivity index (χ1n) is 8.82. The number of carboxylic acid groups (broad SMARTS) is 1. The lowest BCUT2D eigenvalue weighted by molar-refractivity contribution is -0.143. The third-order valence-electron chi connectivity index (χ3n) is 3.90. The molecule has 0 fully saturated rings. The van der Waals surface area contributed by atoms with Crippen LogP contribution in [-0.2, 0) is 16.0 Å². The predicted octanol–water partition coefficient (Wildman–Crippen LogP) is 3.40. The first kappa shape index (κ1) is 19.9. The summed E-state index contributed by atoms with van der Waals surface area (Å²) in [6.45, 7) is 10.1. The van der Waals surface area contributed by atoms with E-state index in [4.69, 9.17) is 14.2 Å². The maximum atomic E-state index is 12.5. The van der Waals surface area contributed by atoms with E-state index in [0.717, 1.165) is 5.56 Å². The van der Waals surface area contributed by atoms with Crippen molar-refractivity contribution in [2.24, 2.45) is 0 Å². The Balaban J connectivity index is 2.45. The van der Waals surface area contributed by atoms with E-state index in [1.807, 2.05) is 19.9 Å². The molecule has 0 bridgehead atoms. The molecule has 0 spiro atoms. The Bertz CT molecular complexity index is 679. The van der Waals surface area contributed by atoms with Gasteiger partial charge in [-0.05, 0) is 64.3 Å². The molecule has 0 unspecified atom stereocenters. The van der Waals surface area contributed by atoms with Crippen molar-refractivity contribution >= 4 is 12.1 Å². The third kappa shape index (κ3) is 4.39. The van der Waals surface area contributed by atoms with Gasteiger partial charge in [-0.15, -0.1) is 0 Å². The van der Waals surface area contributed by atoms with Crippen LogP contribution in [0.4, 0.5) is 4.79 Å². The van der Waals surface area contributed by atoms with E-state index in [-0.39, 0.29) is 6.54 Å². The highest BCUT2D eigenvalue weighted by Gasteiger charge is 2.39. The minimum atomic E-state index is -1.12. The van der Waals surface area contributed by atoms with Crippen LogP contribution in [-0.4, -0.2) is 47.4 Å². The number of amides is 1. The summed E-state index contributed by atoms with van der Waals surface area (Å²) in [6.07, 6.45) is -0.118. The number of nitrogens with zero attached hydrogens (tertiary/aromatic N) is 1. The number of ether oxygens (including phenoxy) is 3. The molecular formula is C19H27NO6. The molecule has 0 saturated carbocycles. The zero-order valence-corrected chi connectivity index (χ0v) is 16.0. The standard InChI is InChI=1S/C19H27NO6/c1-6-24-14-10-12-8-9-20(18(23)26-19(3,4)5)16(17(21)22)13(12)11-15(14)25-7-2/h10-11,16H,6-9H2,1-5H3,(H,21,22)/t16-/m1/s1. The molecule has 1 amide bonds. The number of rotatable bonds is 5. The predicted molar refractivity (Wildman–Crippen MR) is 95.8 cm³/mol. The molecule has 1 aliphatic rings. The van der Waals surface area contributed by atoms with Gasteiger partial charge in [0.15, 0.2) is 17.5 Å². The molecule has 7 nitrogen and oxygen atoms in total. The molecule has 1 atom stereocenters. The van der Waals surface area contributed by atoms with Crippen LogP contribution in [0.2, 0.25) is 0 Å². The van der Waals surface area contributed by atoms with Crippen molar-refractivity contribution in [2.45, 2.75) is 52.7 Å². The van der Waals surface area contributed by atoms with Crippen molar-refractivity contribution < 1.29 is 28.9 Å². The minimum Gasteiger partial charge on any atom is -0.490 e. The highest BCUT2D eigenvalue weighted by Crippen LogP contribution is 2.39. The Morgan fingerprint density at radius 2 is 1.73 bits per heavy atom. The number of benzene rings is 1. The SMILES string of the molecule is CCOc1cc2c(cc1OCC)[C@H](C(=O)O)N(C(=O)OC(C)(C)C)CC2. The van der Waals surface area contributed by atoms with E-state index >= 15 is 0 Å². The van der Waals surface area contributed by atoms with Gasteiger partial charge < -0.3 is 19.3 Å². The molecule has 0 radical (unpaired) electrons. The van der Waals surface area contributed by atoms with Crippen LogP contribution >= 0.6 is 0 Å². The lowest BCUT2D eigenvalue weighted by Crippen LogP contribution is -2.45. The summed E-state index contributed by atoms with van der Waals surface area (Å²) < 4.78 is 16.6. The molecule has 26 heavy (non-hydrogen) atoms. The van der Waals surface area contributed by atoms with Crippen molar-refractivity contribution in [1.29, 1.82) is 0 Å². The number of carbonyl (C=O) groups excluding carboxylic acids is 1. The van der Waals surface area contributed by atoms with Gasteiger partial charge in [0, 0.05) is 6.54 Å². The second kappa shape index (κ2) is 7.85. The van der Waals surface area contributed by atoms with Gasteiger partial charge in [-0.3, -0.25) is 4.90 Å². The zero-order valence-electron chi connectivity index (χ0n) is 16.0. The Morgan fingerprint density at radius 1 is 1.15 bits per heavy atom. The number of fused-ring (bicyclic) bond motifs is 1. The van der Waals surface area contributed by atoms with Gasteiger partial charge in [-0.1, -0.05) is 0 Å². The largest absolute Gasteiger partial charge is 0.490 e. The topological polar surface area (TPSA) is 85.3 Å². The average molecular weight is 365 g/mol. The summed E-state index contributed by atoms with van der Waals surface area (Å²) in [5.74, 6) is -0.0447. The summed E-state index contributed by atoms with van der Waals surface area (Å²) in [5, 5.41) is 9.77. The van der Waals surface area contributed by atoms with Crippen LogP contribution in [0.15, 0.2) is 12.1 Å². The van der Waals surface area contributed by atoms with Crippen molar-refractivity contribution in [3.05, 3.63) is 23.3 Å². The number of hydrogen-bond acceptors (Lipinski definition) is 5. The number of carbonyl (C=O) groups is 2. The van der Waals surface area contributed by atoms with E-state index in [0.29, 0.717) is 36.7 Å². The molecule has 1 heterocycles. The first-order chi connectivity index (χ1) is 12.2. The Morgan fingerprint density at radius 3 is 2.23 bits per heavy atom. The quantitative estimate of drug-likeness (QED) is 0.861. The summed E-state index contributed by atoms with van der Waals surface area (Å²) >= 11 is 0. The maximum absolute atomic E-state index is 12.5. The monoisotopic (exact) mass is 365 g/mol. The average Bonchev–Trinajstić information content (AvgIpc) is 2.53. The van der Waals surface area contributed by atoms with Crippen LogP contribution < -0.4 is 9.47 Å². The van der Waals surface area contributed by atoms with Crippen molar-refractivity contribution in [3.8, 4) is 11.5 Å². The smallest absolute Gasteiger partial charge is 0.411 e. The van der Waals surface area contributed by atoms with Gasteiger partial charge in [0.2, 0.25) is 0 Å². The second-order valence-corrected chi connectivity index (χ2v) is 7.03. The van der Waals surface area contributed by atoms with Crippen LogP contribution in [0.25, 0.3) is 0 Å². The van der Waals surface area contributed by atoms with E-state index in [1.54, 1.807) is 26.8 Å². The van der Waals surface area contributed by atoms with Crippen molar-refractivity contribution in [1.82, 2.24) is 4.90 Å². The van der Waals surface area contributed by atoms with Gasteiger partial charge in [-0.2, -0.15) is 0 Å². The van der Waals surface area contributed by atoms with Crippen molar-refractivity contribution in [3.63, 3.8) is 0 Å². The van der Waals surface area contributed by atoms with E-state index < -0.39 is 23.7 Å². The fourth-order valence-electron chi connectivity index (χ4n) is 2.95. The summed E-state index contributed by atoms with van der Waals surface area (Å²) in [7, 11) is 0. The summed E-state index contributed by atoms with van der Waals surface area (Å²) in [6, 6.07) is 2.36. The minimum absolute atomic E-state index is 0.262. The highest BCUT2D eigenvalue weighted by molar-refractivity contribution is 5.83. The Hall–Kier alpha value is -2.44. The third-order valence-corrected chi connectivity index (χ3v) is 3.90. The molecule has 1 aliphatic heterocycles. The zero-order chi connectivity index (χ0) is 19.5. The maximum Gasteiger partial charge on any atom is 0.411 e. The Labute approximate surface area is 153 Å². The van der Waals surface area contributed by atoms with Gasteiger partial charge in [-0.25, -0.2) is 9.59 Å². The Kier molecular flexibility index (Phi) is 6.00.